The van der Waals surface area contributed by atoms with E-state index in [-0.39, 0.29) is 79.7 Å². The number of nitrogens with zero attached hydrogens (tertiary/aromatic N) is 5. The van der Waals surface area contributed by atoms with Gasteiger partial charge < -0.3 is 54.4 Å². The van der Waals surface area contributed by atoms with Crippen molar-refractivity contribution in [1.82, 2.24) is 35.6 Å². The third-order valence-corrected chi connectivity index (χ3v) is 13.8. The lowest BCUT2D eigenvalue weighted by molar-refractivity contribution is -0.123. The molecule has 0 radical (unpaired) electrons. The fourth-order valence-corrected chi connectivity index (χ4v) is 9.44. The van der Waals surface area contributed by atoms with Crippen molar-refractivity contribution in [2.75, 3.05) is 116 Å². The summed E-state index contributed by atoms with van der Waals surface area (Å²) in [7, 11) is 2.85. The highest BCUT2D eigenvalue weighted by Gasteiger charge is 2.38. The van der Waals surface area contributed by atoms with Crippen LogP contribution in [-0.4, -0.2) is 180 Å². The number of nitrogens with one attached hydrogen (secondary N) is 4. The summed E-state index contributed by atoms with van der Waals surface area (Å²) in [4.78, 5) is 113. The summed E-state index contributed by atoms with van der Waals surface area (Å²) in [5.41, 5.74) is 5.03. The molecule has 22 heteroatoms. The number of hydrogen-bond acceptors (Lipinski definition) is 16. The first-order chi connectivity index (χ1) is 38.0. The molecule has 1 aromatic heterocycles. The lowest BCUT2D eigenvalue weighted by atomic mass is 10.00. The molecule has 412 valence electrons. The predicted octanol–water partition coefficient (Wildman–Crippen LogP) is 3.61. The standard InChI is InChI=1S/C56H65N9O12S/c1-57-48(68)18-17-45(37-67)62(2)55(73)51-43(36-66)9-6-10-47(51)77-38-50(70)59-20-27-75-29-31-76-30-28-74-26-19-58-49(69)35-63-22-24-64(25-23-63)44-15-13-39(14-16-44)41-11-12-42-34-65(54(72)46(42)33-41)52(40-7-4-3-5-8-40)53(71)61-56-60-21-32-78-56/h3-16,21,32-33,36-37,45,52H,17-20,22-31,34-35,38H2,1-2H3,(H,57,68)(H,58,69)(H,59,70)(H,60,61,71). The molecule has 0 aliphatic carbocycles. The van der Waals surface area contributed by atoms with Gasteiger partial charge in [0.1, 0.15) is 18.1 Å². The first-order valence-electron chi connectivity index (χ1n) is 25.7. The third kappa shape index (κ3) is 16.1. The number of anilines is 2. The van der Waals surface area contributed by atoms with Crippen molar-refractivity contribution >= 4 is 70.2 Å². The number of fused-ring (bicyclic) bond motifs is 1. The van der Waals surface area contributed by atoms with E-state index in [0.29, 0.717) is 62.8 Å². The zero-order valence-corrected chi connectivity index (χ0v) is 44.5. The fraction of sp³-hybridized carbons (Fsp3) is 0.375. The molecule has 2 unspecified atom stereocenters. The second kappa shape index (κ2) is 29.6. The second-order valence-electron chi connectivity index (χ2n) is 18.3. The highest BCUT2D eigenvalue weighted by molar-refractivity contribution is 7.13. The van der Waals surface area contributed by atoms with E-state index in [9.17, 15) is 38.4 Å². The summed E-state index contributed by atoms with van der Waals surface area (Å²) < 4.78 is 22.3. The van der Waals surface area contributed by atoms with E-state index >= 15 is 0 Å². The number of carbonyl (C=O) groups excluding carboxylic acids is 8. The monoisotopic (exact) mass is 1090 g/mol. The Bertz CT molecular complexity index is 2830. The van der Waals surface area contributed by atoms with E-state index in [1.165, 1.54) is 43.6 Å². The molecule has 1 saturated heterocycles. The number of thiazole rings is 1. The molecule has 0 spiro atoms. The third-order valence-electron chi connectivity index (χ3n) is 13.1. The molecule has 78 heavy (non-hydrogen) atoms. The minimum atomic E-state index is -0.930. The van der Waals surface area contributed by atoms with Crippen LogP contribution in [0.1, 0.15) is 61.1 Å². The average Bonchev–Trinajstić information content (AvgIpc) is 4.10. The van der Waals surface area contributed by atoms with Gasteiger partial charge >= 0.3 is 0 Å². The Morgan fingerprint density at radius 3 is 2.12 bits per heavy atom. The molecule has 6 amide bonds. The number of aldehydes is 2. The lowest BCUT2D eigenvalue weighted by Gasteiger charge is -2.35. The van der Waals surface area contributed by atoms with Gasteiger partial charge in [-0.15, -0.1) is 11.3 Å². The van der Waals surface area contributed by atoms with Crippen molar-refractivity contribution in [3.05, 3.63) is 130 Å². The predicted molar refractivity (Wildman–Crippen MR) is 291 cm³/mol. The van der Waals surface area contributed by atoms with Crippen LogP contribution in [0.3, 0.4) is 0 Å². The Morgan fingerprint density at radius 1 is 0.782 bits per heavy atom. The van der Waals surface area contributed by atoms with E-state index in [2.05, 4.69) is 60.3 Å². The largest absolute Gasteiger partial charge is 0.483 e. The number of carbonyl (C=O) groups is 8. The van der Waals surface area contributed by atoms with Gasteiger partial charge in [-0.1, -0.05) is 66.7 Å². The number of likely N-dealkylation sites (N-methyl/N-ethyl adjacent to an activating group) is 1. The molecular formula is C56H65N9O12S. The van der Waals surface area contributed by atoms with Crippen LogP contribution in [0.25, 0.3) is 11.1 Å². The number of piperazine rings is 1. The van der Waals surface area contributed by atoms with Crippen LogP contribution in [0.15, 0.2) is 103 Å². The highest BCUT2D eigenvalue weighted by atomic mass is 32.1. The van der Waals surface area contributed by atoms with Crippen LogP contribution in [0.5, 0.6) is 5.75 Å². The van der Waals surface area contributed by atoms with Gasteiger partial charge in [-0.25, -0.2) is 4.98 Å². The number of ether oxygens (including phenoxy) is 4. The molecule has 7 rings (SSSR count). The normalized spacial score (nSPS) is 13.9. The van der Waals surface area contributed by atoms with E-state index in [4.69, 9.17) is 18.9 Å². The van der Waals surface area contributed by atoms with Gasteiger partial charge in [0.15, 0.2) is 18.0 Å². The molecule has 2 atom stereocenters. The SMILES string of the molecule is CNC(=O)CCC(C=O)N(C)C(=O)c1c(C=O)cccc1OCC(=O)NCCOCCOCCOCCNC(=O)CN1CCN(c2ccc(-c3ccc4c(c3)C(=O)N(C(C(=O)Nc3nccs3)c3ccccc3)C4)cc2)CC1. The topological polar surface area (TPSA) is 247 Å². The van der Waals surface area contributed by atoms with E-state index < -0.39 is 30.5 Å². The van der Waals surface area contributed by atoms with Crippen molar-refractivity contribution in [3.63, 3.8) is 0 Å². The zero-order chi connectivity index (χ0) is 55.2. The molecule has 2 aliphatic rings. The maximum Gasteiger partial charge on any atom is 0.258 e. The number of aromatic nitrogens is 1. The fourth-order valence-electron chi connectivity index (χ4n) is 8.91. The molecule has 0 saturated carbocycles. The van der Waals surface area contributed by atoms with Crippen LogP contribution >= 0.6 is 11.3 Å². The Morgan fingerprint density at radius 2 is 1.46 bits per heavy atom. The van der Waals surface area contributed by atoms with E-state index in [1.807, 2.05) is 48.5 Å². The Hall–Kier alpha value is -7.89. The van der Waals surface area contributed by atoms with Gasteiger partial charge in [-0.2, -0.15) is 0 Å². The van der Waals surface area contributed by atoms with Gasteiger partial charge in [0.25, 0.3) is 23.6 Å². The van der Waals surface area contributed by atoms with Gasteiger partial charge in [-0.3, -0.25) is 43.8 Å². The first-order valence-corrected chi connectivity index (χ1v) is 26.5. The number of rotatable bonds is 30. The maximum atomic E-state index is 14.0. The molecule has 0 bridgehead atoms. The molecule has 2 aliphatic heterocycles. The van der Waals surface area contributed by atoms with Crippen LogP contribution in [0.2, 0.25) is 0 Å². The van der Waals surface area contributed by atoms with Crippen LogP contribution in [-0.2, 0) is 44.7 Å². The van der Waals surface area contributed by atoms with Crippen molar-refractivity contribution in [1.29, 1.82) is 0 Å². The lowest BCUT2D eigenvalue weighted by Crippen LogP contribution is -2.49. The number of benzene rings is 4. The number of amides is 6. The summed E-state index contributed by atoms with van der Waals surface area (Å²) in [6.07, 6.45) is 2.75. The molecule has 4 N–H and O–H groups in total. The van der Waals surface area contributed by atoms with E-state index in [1.54, 1.807) is 16.5 Å². The first kappa shape index (κ1) is 57.8. The molecular weight excluding hydrogens is 1020 g/mol. The van der Waals surface area contributed by atoms with Crippen molar-refractivity contribution in [2.45, 2.75) is 31.5 Å². The smallest absolute Gasteiger partial charge is 0.258 e. The zero-order valence-electron chi connectivity index (χ0n) is 43.7. The maximum absolute atomic E-state index is 14.0. The Balaban J connectivity index is 0.717. The quantitative estimate of drug-likeness (QED) is 0.0379. The minimum Gasteiger partial charge on any atom is -0.483 e. The van der Waals surface area contributed by atoms with Gasteiger partial charge in [0, 0.05) is 94.7 Å². The molecule has 3 heterocycles. The van der Waals surface area contributed by atoms with Crippen molar-refractivity contribution in [3.8, 4) is 16.9 Å². The van der Waals surface area contributed by atoms with Gasteiger partial charge in [-0.05, 0) is 52.9 Å². The van der Waals surface area contributed by atoms with Gasteiger partial charge in [0.05, 0.1) is 57.8 Å². The Labute approximate surface area is 456 Å². The van der Waals surface area contributed by atoms with Crippen molar-refractivity contribution < 1.29 is 57.3 Å². The summed E-state index contributed by atoms with van der Waals surface area (Å²) in [5.74, 6) is -2.06. The second-order valence-corrected chi connectivity index (χ2v) is 19.1. The summed E-state index contributed by atoms with van der Waals surface area (Å²) in [6, 6.07) is 26.1. The molecule has 1 fully saturated rings. The van der Waals surface area contributed by atoms with Gasteiger partial charge in [0.2, 0.25) is 11.8 Å². The number of hydrogen-bond donors (Lipinski definition) is 4. The minimum absolute atomic E-state index is 0.0101. The average molecular weight is 1090 g/mol. The summed E-state index contributed by atoms with van der Waals surface area (Å²) in [6.45, 7) is 5.46. The Kier molecular flexibility index (Phi) is 21.9. The molecule has 5 aromatic rings. The van der Waals surface area contributed by atoms with Crippen molar-refractivity contribution in [2.24, 2.45) is 0 Å². The summed E-state index contributed by atoms with van der Waals surface area (Å²) in [5, 5.41) is 13.2. The van der Waals surface area contributed by atoms with Crippen LogP contribution < -0.4 is 30.9 Å². The summed E-state index contributed by atoms with van der Waals surface area (Å²) >= 11 is 1.32. The van der Waals surface area contributed by atoms with Crippen LogP contribution in [0.4, 0.5) is 10.8 Å². The van der Waals surface area contributed by atoms with Crippen LogP contribution in [0, 0.1) is 0 Å². The molecule has 21 nitrogen and oxygen atoms in total. The molecule has 4 aromatic carbocycles. The van der Waals surface area contributed by atoms with E-state index in [0.717, 1.165) is 59.0 Å². The highest BCUT2D eigenvalue weighted by Crippen LogP contribution is 2.35.